The van der Waals surface area contributed by atoms with E-state index in [2.05, 4.69) is 0 Å². The first-order chi connectivity index (χ1) is 16.4. The highest BCUT2D eigenvalue weighted by Crippen LogP contribution is 2.56. The number of hydrogen-bond acceptors (Lipinski definition) is 5. The lowest BCUT2D eigenvalue weighted by Gasteiger charge is -2.38. The molecule has 1 aliphatic heterocycles. The normalized spacial score (nSPS) is 16.6. The maximum atomic E-state index is 14.3. The van der Waals surface area contributed by atoms with Gasteiger partial charge >= 0.3 is 12.4 Å². The molecule has 0 spiro atoms. The van der Waals surface area contributed by atoms with Crippen molar-refractivity contribution in [2.24, 2.45) is 0 Å². The Morgan fingerprint density at radius 1 is 0.743 bits per heavy atom. The molecule has 2 unspecified atom stereocenters. The predicted molar refractivity (Wildman–Crippen MR) is 116 cm³/mol. The summed E-state index contributed by atoms with van der Waals surface area (Å²) in [6.45, 7) is 1.64. The van der Waals surface area contributed by atoms with Gasteiger partial charge in [0.05, 0.1) is 5.88 Å². The molecule has 0 bridgehead atoms. The van der Waals surface area contributed by atoms with Crippen LogP contribution in [0.3, 0.4) is 0 Å². The fourth-order valence-corrected chi connectivity index (χ4v) is 3.71. The maximum absolute atomic E-state index is 14.3. The van der Waals surface area contributed by atoms with Gasteiger partial charge in [-0.2, -0.15) is 26.3 Å². The molecule has 1 saturated heterocycles. The summed E-state index contributed by atoms with van der Waals surface area (Å²) in [5.74, 6) is -0.153. The Bertz CT molecular complexity index is 934. The predicted octanol–water partition coefficient (Wildman–Crippen LogP) is 4.13. The summed E-state index contributed by atoms with van der Waals surface area (Å²) in [6, 6.07) is 6.78. The van der Waals surface area contributed by atoms with E-state index in [4.69, 9.17) is 21.1 Å². The van der Waals surface area contributed by atoms with Crippen molar-refractivity contribution >= 4 is 11.6 Å². The van der Waals surface area contributed by atoms with E-state index < -0.39 is 41.1 Å². The number of hydrogen-bond donors (Lipinski definition) is 2. The van der Waals surface area contributed by atoms with E-state index in [1.165, 1.54) is 0 Å². The topological polar surface area (TPSA) is 61.9 Å². The van der Waals surface area contributed by atoms with Gasteiger partial charge in [-0.25, -0.2) is 0 Å². The van der Waals surface area contributed by atoms with Crippen molar-refractivity contribution in [2.45, 2.75) is 30.0 Å². The molecule has 0 saturated carbocycles. The van der Waals surface area contributed by atoms with Crippen molar-refractivity contribution < 1.29 is 46.0 Å². The van der Waals surface area contributed by atoms with Gasteiger partial charge in [0.25, 0.3) is 0 Å². The molecule has 2 aromatic rings. The van der Waals surface area contributed by atoms with Crippen LogP contribution in [0.5, 0.6) is 11.5 Å². The molecule has 2 N–H and O–H groups in total. The Hall–Kier alpha value is -2.21. The van der Waals surface area contributed by atoms with Gasteiger partial charge in [0.15, 0.2) is 0 Å². The second-order valence-electron chi connectivity index (χ2n) is 8.18. The number of benzene rings is 2. The first-order valence-electron chi connectivity index (χ1n) is 10.6. The van der Waals surface area contributed by atoms with Crippen molar-refractivity contribution in [1.29, 1.82) is 0 Å². The van der Waals surface area contributed by atoms with Crippen LogP contribution in [0.2, 0.25) is 0 Å². The molecule has 3 rings (SSSR count). The van der Waals surface area contributed by atoms with Crippen LogP contribution in [0.15, 0.2) is 48.5 Å². The monoisotopic (exact) mass is 527 g/mol. The van der Waals surface area contributed by atoms with Crippen LogP contribution in [0.4, 0.5) is 26.3 Å². The lowest BCUT2D eigenvalue weighted by molar-refractivity contribution is -0.288. The smallest absolute Gasteiger partial charge is 0.411 e. The zero-order chi connectivity index (χ0) is 25.9. The number of aliphatic hydroxyl groups excluding tert-OH is 2. The lowest BCUT2D eigenvalue weighted by atomic mass is 9.73. The van der Waals surface area contributed by atoms with Crippen LogP contribution in [0.25, 0.3) is 0 Å². The van der Waals surface area contributed by atoms with Gasteiger partial charge in [-0.15, -0.1) is 11.6 Å². The first-order valence-corrected chi connectivity index (χ1v) is 11.2. The van der Waals surface area contributed by atoms with Crippen LogP contribution in [0.1, 0.15) is 11.1 Å². The molecule has 1 aliphatic rings. The Morgan fingerprint density at radius 2 is 1.14 bits per heavy atom. The van der Waals surface area contributed by atoms with Gasteiger partial charge < -0.3 is 19.7 Å². The number of alkyl halides is 7. The Labute approximate surface area is 202 Å². The van der Waals surface area contributed by atoms with Crippen molar-refractivity contribution in [1.82, 2.24) is 4.90 Å². The molecule has 194 valence electrons. The molecule has 1 heterocycles. The molecular formula is C23H24ClF6NO4. The van der Waals surface area contributed by atoms with E-state index in [1.54, 1.807) is 0 Å². The van der Waals surface area contributed by atoms with Crippen LogP contribution in [-0.2, 0) is 5.41 Å². The molecule has 0 radical (unpaired) electrons. The average Bonchev–Trinajstić information content (AvgIpc) is 3.60. The Morgan fingerprint density at radius 3 is 1.49 bits per heavy atom. The van der Waals surface area contributed by atoms with E-state index in [9.17, 15) is 36.6 Å². The zero-order valence-electron chi connectivity index (χ0n) is 18.3. The minimum Gasteiger partial charge on any atom is -0.491 e. The third kappa shape index (κ3) is 6.32. The fraction of sp³-hybridized carbons (Fsp3) is 0.478. The number of halogens is 7. The third-order valence-electron chi connectivity index (χ3n) is 5.50. The quantitative estimate of drug-likeness (QED) is 0.261. The fourth-order valence-electron chi connectivity index (χ4n) is 3.62. The highest BCUT2D eigenvalue weighted by Gasteiger charge is 2.72. The first kappa shape index (κ1) is 27.4. The lowest BCUT2D eigenvalue weighted by Crippen LogP contribution is -2.54. The minimum absolute atomic E-state index is 0.0263. The molecule has 2 atom stereocenters. The Kier molecular flexibility index (Phi) is 8.46. The standard InChI is InChI=1S/C23H24ClF6NO4/c24-11-17(32)13-34-19-5-1-15(2-6-19)21(22(25,26)27,23(28,29)30)16-3-7-20(8-4-16)35-14-18(33)12-31-9-10-31/h1-8,17-18,32-33H,9-14H2. The second kappa shape index (κ2) is 10.8. The van der Waals surface area contributed by atoms with Gasteiger partial charge in [0.2, 0.25) is 5.41 Å². The summed E-state index contributed by atoms with van der Waals surface area (Å²) < 4.78 is 96.0. The van der Waals surface area contributed by atoms with Crippen LogP contribution < -0.4 is 9.47 Å². The molecule has 0 amide bonds. The molecule has 0 aromatic heterocycles. The van der Waals surface area contributed by atoms with Crippen molar-refractivity contribution in [3.63, 3.8) is 0 Å². The van der Waals surface area contributed by atoms with Crippen molar-refractivity contribution in [2.75, 3.05) is 38.7 Å². The summed E-state index contributed by atoms with van der Waals surface area (Å²) in [5, 5.41) is 19.3. The molecule has 2 aromatic carbocycles. The van der Waals surface area contributed by atoms with Gasteiger partial charge in [-0.05, 0) is 35.4 Å². The van der Waals surface area contributed by atoms with E-state index in [1.807, 2.05) is 4.90 Å². The molecule has 12 heteroatoms. The summed E-state index contributed by atoms with van der Waals surface area (Å²) >= 11 is 5.44. The molecule has 35 heavy (non-hydrogen) atoms. The van der Waals surface area contributed by atoms with Gasteiger partial charge in [-0.3, -0.25) is 4.90 Å². The number of rotatable bonds is 11. The van der Waals surface area contributed by atoms with E-state index in [0.29, 0.717) is 30.8 Å². The molecular weight excluding hydrogens is 504 g/mol. The highest BCUT2D eigenvalue weighted by molar-refractivity contribution is 6.18. The average molecular weight is 528 g/mol. The van der Waals surface area contributed by atoms with Gasteiger partial charge in [0, 0.05) is 19.6 Å². The van der Waals surface area contributed by atoms with E-state index in [0.717, 1.165) is 37.4 Å². The minimum atomic E-state index is -5.74. The summed E-state index contributed by atoms with van der Waals surface area (Å²) in [6.07, 6.45) is -13.4. The van der Waals surface area contributed by atoms with Gasteiger partial charge in [-0.1, -0.05) is 24.3 Å². The number of β-amino-alcohol motifs (C(OH)–C–C–N with tert-alkyl or cyclic N) is 1. The largest absolute Gasteiger partial charge is 0.491 e. The maximum Gasteiger partial charge on any atom is 0.411 e. The molecule has 1 fully saturated rings. The molecule has 0 aliphatic carbocycles. The molecule has 5 nitrogen and oxygen atoms in total. The van der Waals surface area contributed by atoms with Crippen molar-refractivity contribution in [3.05, 3.63) is 59.7 Å². The van der Waals surface area contributed by atoms with E-state index >= 15 is 0 Å². The summed E-state index contributed by atoms with van der Waals surface area (Å²) in [7, 11) is 0. The van der Waals surface area contributed by atoms with Crippen LogP contribution in [-0.4, -0.2) is 78.4 Å². The van der Waals surface area contributed by atoms with Crippen molar-refractivity contribution in [3.8, 4) is 11.5 Å². The SMILES string of the molecule is OC(CCl)COc1ccc(C(c2ccc(OCC(O)CN3CC3)cc2)(C(F)(F)F)C(F)(F)F)cc1. The number of ether oxygens (including phenoxy) is 2. The van der Waals surface area contributed by atoms with Crippen LogP contribution in [0, 0.1) is 0 Å². The number of aliphatic hydroxyl groups is 2. The van der Waals surface area contributed by atoms with Gasteiger partial charge in [0.1, 0.15) is 36.9 Å². The van der Waals surface area contributed by atoms with Crippen LogP contribution >= 0.6 is 11.6 Å². The van der Waals surface area contributed by atoms with E-state index in [-0.39, 0.29) is 30.6 Å². The highest BCUT2D eigenvalue weighted by atomic mass is 35.5. The number of nitrogens with zero attached hydrogens (tertiary/aromatic N) is 1. The third-order valence-corrected chi connectivity index (χ3v) is 5.85. The summed E-state index contributed by atoms with van der Waals surface area (Å²) in [5.41, 5.74) is -6.41. The second-order valence-corrected chi connectivity index (χ2v) is 8.49. The Balaban J connectivity index is 1.89. The summed E-state index contributed by atoms with van der Waals surface area (Å²) in [4.78, 5) is 1.94. The zero-order valence-corrected chi connectivity index (χ0v) is 19.1.